The molecule has 2 aromatic carbocycles. The summed E-state index contributed by atoms with van der Waals surface area (Å²) in [4.78, 5) is 30.0. The molecular weight excluding hydrogens is 618 g/mol. The van der Waals surface area contributed by atoms with Crippen LogP contribution in [-0.4, -0.2) is 41.7 Å². The van der Waals surface area contributed by atoms with Gasteiger partial charge in [-0.2, -0.15) is 9.78 Å². The molecule has 3 rings (SSSR count). The fourth-order valence-corrected chi connectivity index (χ4v) is 4.33. The number of esters is 1. The van der Waals surface area contributed by atoms with Gasteiger partial charge < -0.3 is 14.2 Å². The van der Waals surface area contributed by atoms with Crippen molar-refractivity contribution in [3.05, 3.63) is 60.0 Å². The number of rotatable bonds is 7. The van der Waals surface area contributed by atoms with Crippen LogP contribution in [0, 0.1) is 0 Å². The molecule has 0 aliphatic rings. The Labute approximate surface area is 230 Å². The molecule has 0 aliphatic carbocycles. The standard InChI is InChI=1S/C25H26Br2ClN3O5/c1-7-35-18-10-14(19(27)20(28)21(18)36-13(2)23(33)34-6)12-29-31-22(32)16-11-15(26)8-9-17(16)30-24(31)25(3,4)5/h8-13H,7H2,1-6H3/t13-/m1/s1. The number of nitrogens with zero attached hydrogens (tertiary/aromatic N) is 3. The summed E-state index contributed by atoms with van der Waals surface area (Å²) in [6.07, 6.45) is 0.586. The predicted octanol–water partition coefficient (Wildman–Crippen LogP) is 6.09. The molecular formula is C25H26Br2ClN3O5. The van der Waals surface area contributed by atoms with Crippen LogP contribution in [0.25, 0.3) is 10.9 Å². The van der Waals surface area contributed by atoms with E-state index >= 15 is 0 Å². The van der Waals surface area contributed by atoms with Crippen molar-refractivity contribution in [2.75, 3.05) is 13.7 Å². The van der Waals surface area contributed by atoms with Crippen LogP contribution in [0.15, 0.2) is 43.1 Å². The van der Waals surface area contributed by atoms with Crippen LogP contribution in [0.2, 0.25) is 5.02 Å². The molecule has 8 nitrogen and oxygen atoms in total. The average molecular weight is 644 g/mol. The Morgan fingerprint density at radius 3 is 2.58 bits per heavy atom. The van der Waals surface area contributed by atoms with E-state index in [4.69, 9.17) is 30.8 Å². The van der Waals surface area contributed by atoms with E-state index < -0.39 is 17.5 Å². The van der Waals surface area contributed by atoms with Gasteiger partial charge in [0.2, 0.25) is 0 Å². The van der Waals surface area contributed by atoms with E-state index in [1.807, 2.05) is 33.8 Å². The van der Waals surface area contributed by atoms with E-state index in [0.717, 1.165) is 4.47 Å². The van der Waals surface area contributed by atoms with Gasteiger partial charge in [-0.3, -0.25) is 4.79 Å². The van der Waals surface area contributed by atoms with Crippen LogP contribution in [0.3, 0.4) is 0 Å². The first kappa shape index (κ1) is 28.1. The Bertz CT molecular complexity index is 1400. The number of benzene rings is 2. The Kier molecular flexibility index (Phi) is 8.84. The Hall–Kier alpha value is -2.43. The van der Waals surface area contributed by atoms with Crippen molar-refractivity contribution in [1.82, 2.24) is 9.66 Å². The molecule has 192 valence electrons. The van der Waals surface area contributed by atoms with Gasteiger partial charge in [0.25, 0.3) is 5.56 Å². The van der Waals surface area contributed by atoms with E-state index in [2.05, 4.69) is 37.0 Å². The van der Waals surface area contributed by atoms with E-state index in [-0.39, 0.29) is 16.3 Å². The molecule has 0 radical (unpaired) electrons. The second-order valence-electron chi connectivity index (χ2n) is 8.85. The molecule has 1 heterocycles. The predicted molar refractivity (Wildman–Crippen MR) is 148 cm³/mol. The number of carbonyl (C=O) groups is 1. The number of methoxy groups -OCH3 is 1. The van der Waals surface area contributed by atoms with Crippen LogP contribution in [0.5, 0.6) is 11.5 Å². The Balaban J connectivity index is 2.17. The molecule has 36 heavy (non-hydrogen) atoms. The summed E-state index contributed by atoms with van der Waals surface area (Å²) < 4.78 is 18.7. The van der Waals surface area contributed by atoms with Gasteiger partial charge in [-0.25, -0.2) is 9.78 Å². The monoisotopic (exact) mass is 641 g/mol. The smallest absolute Gasteiger partial charge is 0.346 e. The third-order valence-corrected chi connectivity index (χ3v) is 7.01. The van der Waals surface area contributed by atoms with Gasteiger partial charge in [0.05, 0.1) is 30.8 Å². The van der Waals surface area contributed by atoms with Gasteiger partial charge >= 0.3 is 5.97 Å². The highest BCUT2D eigenvalue weighted by Gasteiger charge is 2.25. The second-order valence-corrected chi connectivity index (χ2v) is 10.9. The molecule has 0 saturated heterocycles. The SMILES string of the molecule is CCOc1cc(C=Nn2c(C(C)(C)C)nc3ccc(Br)cc3c2=O)c(Br)c(Cl)c1O[C@H](C)C(=O)OC. The lowest BCUT2D eigenvalue weighted by molar-refractivity contribution is -0.147. The molecule has 3 aromatic rings. The number of aromatic nitrogens is 2. The van der Waals surface area contributed by atoms with Crippen molar-refractivity contribution in [2.45, 2.75) is 46.1 Å². The highest BCUT2D eigenvalue weighted by molar-refractivity contribution is 9.10. The normalized spacial score (nSPS) is 12.7. The second kappa shape index (κ2) is 11.3. The van der Waals surface area contributed by atoms with Crippen molar-refractivity contribution < 1.29 is 19.0 Å². The van der Waals surface area contributed by atoms with Crippen LogP contribution >= 0.6 is 43.5 Å². The van der Waals surface area contributed by atoms with Crippen molar-refractivity contribution in [1.29, 1.82) is 0 Å². The minimum atomic E-state index is -0.908. The quantitative estimate of drug-likeness (QED) is 0.229. The lowest BCUT2D eigenvalue weighted by Gasteiger charge is -2.21. The molecule has 1 aromatic heterocycles. The number of fused-ring (bicyclic) bond motifs is 1. The van der Waals surface area contributed by atoms with Gasteiger partial charge in [0.1, 0.15) is 10.8 Å². The lowest BCUT2D eigenvalue weighted by Crippen LogP contribution is -2.29. The zero-order valence-electron chi connectivity index (χ0n) is 20.7. The summed E-state index contributed by atoms with van der Waals surface area (Å²) in [5.41, 5.74) is 0.345. The highest BCUT2D eigenvalue weighted by Crippen LogP contribution is 2.43. The number of ether oxygens (including phenoxy) is 3. The van der Waals surface area contributed by atoms with Crippen LogP contribution < -0.4 is 15.0 Å². The third-order valence-electron chi connectivity index (χ3n) is 5.07. The van der Waals surface area contributed by atoms with Gasteiger partial charge in [-0.1, -0.05) is 48.3 Å². The van der Waals surface area contributed by atoms with E-state index in [1.54, 1.807) is 25.1 Å². The molecule has 0 amide bonds. The van der Waals surface area contributed by atoms with Crippen molar-refractivity contribution in [2.24, 2.45) is 5.10 Å². The topological polar surface area (TPSA) is 92.0 Å². The summed E-state index contributed by atoms with van der Waals surface area (Å²) in [7, 11) is 1.27. The van der Waals surface area contributed by atoms with E-state index in [0.29, 0.717) is 39.1 Å². The first-order valence-electron chi connectivity index (χ1n) is 11.1. The molecule has 11 heteroatoms. The van der Waals surface area contributed by atoms with E-state index in [9.17, 15) is 9.59 Å². The van der Waals surface area contributed by atoms with Crippen molar-refractivity contribution in [3.63, 3.8) is 0 Å². The molecule has 0 saturated carbocycles. The summed E-state index contributed by atoms with van der Waals surface area (Å²) in [6, 6.07) is 7.02. The third kappa shape index (κ3) is 5.92. The first-order chi connectivity index (χ1) is 16.9. The van der Waals surface area contributed by atoms with Crippen LogP contribution in [-0.2, 0) is 14.9 Å². The number of hydrogen-bond donors (Lipinski definition) is 0. The fourth-order valence-electron chi connectivity index (χ4n) is 3.32. The van der Waals surface area contributed by atoms with Crippen molar-refractivity contribution in [3.8, 4) is 11.5 Å². The molecule has 0 unspecified atom stereocenters. The van der Waals surface area contributed by atoms with Crippen LogP contribution in [0.1, 0.15) is 46.0 Å². The molecule has 0 bridgehead atoms. The summed E-state index contributed by atoms with van der Waals surface area (Å²) in [5.74, 6) is 0.439. The molecule has 0 fully saturated rings. The molecule has 0 spiro atoms. The fraction of sp³-hybridized carbons (Fsp3) is 0.360. The number of halogens is 3. The average Bonchev–Trinajstić information content (AvgIpc) is 2.82. The maximum Gasteiger partial charge on any atom is 0.346 e. The highest BCUT2D eigenvalue weighted by atomic mass is 79.9. The molecule has 0 aliphatic heterocycles. The maximum absolute atomic E-state index is 13.4. The van der Waals surface area contributed by atoms with Gasteiger partial charge in [0, 0.05) is 19.9 Å². The number of hydrogen-bond acceptors (Lipinski definition) is 7. The minimum Gasteiger partial charge on any atom is -0.490 e. The maximum atomic E-state index is 13.4. The van der Waals surface area contributed by atoms with Gasteiger partial charge in [0.15, 0.2) is 17.6 Å². The molecule has 0 N–H and O–H groups in total. The zero-order valence-corrected chi connectivity index (χ0v) is 24.6. The summed E-state index contributed by atoms with van der Waals surface area (Å²) in [6.45, 7) is 9.56. The Morgan fingerprint density at radius 2 is 1.97 bits per heavy atom. The minimum absolute atomic E-state index is 0.183. The van der Waals surface area contributed by atoms with E-state index in [1.165, 1.54) is 18.0 Å². The summed E-state index contributed by atoms with van der Waals surface area (Å²) in [5, 5.41) is 5.11. The lowest BCUT2D eigenvalue weighted by atomic mass is 9.95. The molecule has 1 atom stereocenters. The Morgan fingerprint density at radius 1 is 1.28 bits per heavy atom. The zero-order chi connectivity index (χ0) is 26.8. The van der Waals surface area contributed by atoms with Crippen molar-refractivity contribution >= 4 is 66.5 Å². The largest absolute Gasteiger partial charge is 0.490 e. The van der Waals surface area contributed by atoms with Gasteiger partial charge in [-0.15, -0.1) is 0 Å². The van der Waals surface area contributed by atoms with Gasteiger partial charge in [-0.05, 0) is 54.0 Å². The summed E-state index contributed by atoms with van der Waals surface area (Å²) >= 11 is 13.5. The van der Waals surface area contributed by atoms with Crippen LogP contribution in [0.4, 0.5) is 0 Å². The number of carbonyl (C=O) groups excluding carboxylic acids is 1. The first-order valence-corrected chi connectivity index (χ1v) is 13.0.